The van der Waals surface area contributed by atoms with Crippen molar-refractivity contribution in [1.82, 2.24) is 10.1 Å². The normalized spacial score (nSPS) is 16.9. The SMILES string of the molecule is CCCOCc1noc(C2(C(=O)OCC)CCC2)n1. The van der Waals surface area contributed by atoms with Gasteiger partial charge in [0.1, 0.15) is 12.0 Å². The molecule has 0 bridgehead atoms. The Hall–Kier alpha value is -1.43. The smallest absolute Gasteiger partial charge is 0.321 e. The zero-order valence-electron chi connectivity index (χ0n) is 11.5. The van der Waals surface area contributed by atoms with Gasteiger partial charge in [-0.25, -0.2) is 0 Å². The minimum atomic E-state index is -0.716. The van der Waals surface area contributed by atoms with Crippen LogP contribution in [0.15, 0.2) is 4.52 Å². The highest BCUT2D eigenvalue weighted by atomic mass is 16.5. The second-order valence-corrected chi connectivity index (χ2v) is 4.72. The van der Waals surface area contributed by atoms with Crippen LogP contribution in [0.3, 0.4) is 0 Å². The number of hydrogen-bond donors (Lipinski definition) is 0. The first-order valence-electron chi connectivity index (χ1n) is 6.81. The molecule has 1 heterocycles. The van der Waals surface area contributed by atoms with Crippen LogP contribution in [0.4, 0.5) is 0 Å². The number of hydrogen-bond acceptors (Lipinski definition) is 6. The summed E-state index contributed by atoms with van der Waals surface area (Å²) in [5, 5.41) is 3.86. The third-order valence-corrected chi connectivity index (χ3v) is 3.33. The fourth-order valence-corrected chi connectivity index (χ4v) is 2.12. The lowest BCUT2D eigenvalue weighted by Gasteiger charge is -2.35. The molecule has 6 nitrogen and oxygen atoms in total. The van der Waals surface area contributed by atoms with Crippen molar-refractivity contribution in [2.75, 3.05) is 13.2 Å². The lowest BCUT2D eigenvalue weighted by molar-refractivity contribution is -0.155. The minimum absolute atomic E-state index is 0.258. The Morgan fingerprint density at radius 2 is 2.21 bits per heavy atom. The molecule has 2 rings (SSSR count). The largest absolute Gasteiger partial charge is 0.465 e. The van der Waals surface area contributed by atoms with Crippen LogP contribution in [0.1, 0.15) is 51.2 Å². The summed E-state index contributed by atoms with van der Waals surface area (Å²) < 4.78 is 15.7. The van der Waals surface area contributed by atoms with E-state index in [2.05, 4.69) is 10.1 Å². The molecule has 6 heteroatoms. The Morgan fingerprint density at radius 1 is 1.42 bits per heavy atom. The number of aromatic nitrogens is 2. The molecule has 0 unspecified atom stereocenters. The number of carbonyl (C=O) groups is 1. The highest BCUT2D eigenvalue weighted by Gasteiger charge is 2.51. The van der Waals surface area contributed by atoms with Gasteiger partial charge in [-0.1, -0.05) is 18.5 Å². The van der Waals surface area contributed by atoms with E-state index in [4.69, 9.17) is 14.0 Å². The van der Waals surface area contributed by atoms with Gasteiger partial charge < -0.3 is 14.0 Å². The van der Waals surface area contributed by atoms with Gasteiger partial charge in [0.2, 0.25) is 5.89 Å². The molecule has 0 saturated heterocycles. The van der Waals surface area contributed by atoms with E-state index in [1.54, 1.807) is 6.92 Å². The molecule has 1 saturated carbocycles. The summed E-state index contributed by atoms with van der Waals surface area (Å²) >= 11 is 0. The van der Waals surface area contributed by atoms with Crippen LogP contribution < -0.4 is 0 Å². The molecule has 0 radical (unpaired) electrons. The predicted molar refractivity (Wildman–Crippen MR) is 66.4 cm³/mol. The van der Waals surface area contributed by atoms with Gasteiger partial charge in [-0.2, -0.15) is 4.98 Å². The van der Waals surface area contributed by atoms with E-state index in [1.807, 2.05) is 6.92 Å². The standard InChI is InChI=1S/C13H20N2O4/c1-3-8-17-9-10-14-11(19-15-10)13(6-5-7-13)12(16)18-4-2/h3-9H2,1-2H3. The zero-order chi connectivity index (χ0) is 13.7. The highest BCUT2D eigenvalue weighted by molar-refractivity contribution is 5.82. The van der Waals surface area contributed by atoms with Crippen molar-refractivity contribution >= 4 is 5.97 Å². The Bertz CT molecular complexity index is 426. The fourth-order valence-electron chi connectivity index (χ4n) is 2.12. The molecular formula is C13H20N2O4. The van der Waals surface area contributed by atoms with Crippen LogP contribution in [0.2, 0.25) is 0 Å². The maximum absolute atomic E-state index is 12.0. The van der Waals surface area contributed by atoms with Crippen molar-refractivity contribution < 1.29 is 18.8 Å². The van der Waals surface area contributed by atoms with Gasteiger partial charge in [0.05, 0.1) is 6.61 Å². The van der Waals surface area contributed by atoms with E-state index in [1.165, 1.54) is 0 Å². The molecular weight excluding hydrogens is 248 g/mol. The van der Waals surface area contributed by atoms with Crippen LogP contribution in [-0.2, 0) is 26.3 Å². The van der Waals surface area contributed by atoms with Crippen molar-refractivity contribution in [3.63, 3.8) is 0 Å². The number of carbonyl (C=O) groups excluding carboxylic acids is 1. The second kappa shape index (κ2) is 6.14. The zero-order valence-corrected chi connectivity index (χ0v) is 11.5. The topological polar surface area (TPSA) is 74.5 Å². The average molecular weight is 268 g/mol. The summed E-state index contributed by atoms with van der Waals surface area (Å²) in [5.74, 6) is 0.595. The number of rotatable bonds is 7. The van der Waals surface area contributed by atoms with Gasteiger partial charge in [0.25, 0.3) is 0 Å². The molecule has 19 heavy (non-hydrogen) atoms. The molecule has 1 aliphatic carbocycles. The van der Waals surface area contributed by atoms with E-state index in [0.717, 1.165) is 12.8 Å². The van der Waals surface area contributed by atoms with E-state index < -0.39 is 5.41 Å². The molecule has 0 atom stereocenters. The summed E-state index contributed by atoms with van der Waals surface area (Å²) in [6, 6.07) is 0. The van der Waals surface area contributed by atoms with Crippen LogP contribution in [-0.4, -0.2) is 29.3 Å². The van der Waals surface area contributed by atoms with E-state index >= 15 is 0 Å². The van der Waals surface area contributed by atoms with E-state index in [9.17, 15) is 4.79 Å². The lowest BCUT2D eigenvalue weighted by atomic mass is 9.68. The number of esters is 1. The highest BCUT2D eigenvalue weighted by Crippen LogP contribution is 2.44. The summed E-state index contributed by atoms with van der Waals surface area (Å²) in [4.78, 5) is 16.3. The first kappa shape index (κ1) is 14.0. The Balaban J connectivity index is 2.05. The van der Waals surface area contributed by atoms with E-state index in [-0.39, 0.29) is 5.97 Å². The summed E-state index contributed by atoms with van der Waals surface area (Å²) in [5.41, 5.74) is -0.716. The van der Waals surface area contributed by atoms with Crippen LogP contribution >= 0.6 is 0 Å². The molecule has 0 amide bonds. The van der Waals surface area contributed by atoms with Crippen molar-refractivity contribution in [2.24, 2.45) is 0 Å². The molecule has 1 aromatic rings. The monoisotopic (exact) mass is 268 g/mol. The Labute approximate surface area is 112 Å². The van der Waals surface area contributed by atoms with Crippen molar-refractivity contribution in [3.05, 3.63) is 11.7 Å². The third kappa shape index (κ3) is 2.78. The van der Waals surface area contributed by atoms with Crippen molar-refractivity contribution in [1.29, 1.82) is 0 Å². The maximum Gasteiger partial charge on any atom is 0.321 e. The van der Waals surface area contributed by atoms with Crippen LogP contribution in [0.25, 0.3) is 0 Å². The van der Waals surface area contributed by atoms with Crippen LogP contribution in [0.5, 0.6) is 0 Å². The van der Waals surface area contributed by atoms with Crippen LogP contribution in [0, 0.1) is 0 Å². The first-order chi connectivity index (χ1) is 9.23. The number of ether oxygens (including phenoxy) is 2. The summed E-state index contributed by atoms with van der Waals surface area (Å²) in [6.45, 7) is 5.16. The molecule has 1 fully saturated rings. The molecule has 1 aliphatic rings. The third-order valence-electron chi connectivity index (χ3n) is 3.33. The molecule has 0 spiro atoms. The Morgan fingerprint density at radius 3 is 2.79 bits per heavy atom. The second-order valence-electron chi connectivity index (χ2n) is 4.72. The molecule has 0 aliphatic heterocycles. The maximum atomic E-state index is 12.0. The van der Waals surface area contributed by atoms with Gasteiger partial charge in [0, 0.05) is 6.61 Å². The fraction of sp³-hybridized carbons (Fsp3) is 0.769. The lowest BCUT2D eigenvalue weighted by Crippen LogP contribution is -2.44. The predicted octanol–water partition coefficient (Wildman–Crippen LogP) is 1.98. The van der Waals surface area contributed by atoms with Gasteiger partial charge in [-0.05, 0) is 26.2 Å². The molecule has 0 N–H and O–H groups in total. The quantitative estimate of drug-likeness (QED) is 0.556. The molecule has 0 aromatic carbocycles. The average Bonchev–Trinajstić information content (AvgIpc) is 2.77. The van der Waals surface area contributed by atoms with Crippen molar-refractivity contribution in [3.8, 4) is 0 Å². The summed E-state index contributed by atoms with van der Waals surface area (Å²) in [7, 11) is 0. The van der Waals surface area contributed by atoms with Gasteiger partial charge in [0.15, 0.2) is 5.82 Å². The van der Waals surface area contributed by atoms with Crippen molar-refractivity contribution in [2.45, 2.75) is 51.6 Å². The van der Waals surface area contributed by atoms with Gasteiger partial charge in [-0.3, -0.25) is 4.79 Å². The minimum Gasteiger partial charge on any atom is -0.465 e. The number of nitrogens with zero attached hydrogens (tertiary/aromatic N) is 2. The van der Waals surface area contributed by atoms with Gasteiger partial charge in [-0.15, -0.1) is 0 Å². The molecule has 106 valence electrons. The molecule has 1 aromatic heterocycles. The first-order valence-corrected chi connectivity index (χ1v) is 6.81. The summed E-state index contributed by atoms with van der Waals surface area (Å²) in [6.07, 6.45) is 3.34. The van der Waals surface area contributed by atoms with Gasteiger partial charge >= 0.3 is 5.97 Å². The van der Waals surface area contributed by atoms with E-state index in [0.29, 0.717) is 44.4 Å². The Kier molecular flexibility index (Phi) is 4.52.